The number of hydrogen-bond donors (Lipinski definition) is 0. The van der Waals surface area contributed by atoms with Crippen molar-refractivity contribution in [1.82, 2.24) is 19.8 Å². The predicted molar refractivity (Wildman–Crippen MR) is 82.7 cm³/mol. The summed E-state index contributed by atoms with van der Waals surface area (Å²) in [5, 5.41) is 13.9. The summed E-state index contributed by atoms with van der Waals surface area (Å²) in [4.78, 5) is 0.836. The first-order valence-corrected chi connectivity index (χ1v) is 7.31. The van der Waals surface area contributed by atoms with E-state index in [1.54, 1.807) is 11.3 Å². The molecule has 5 heteroatoms. The van der Waals surface area contributed by atoms with Crippen molar-refractivity contribution in [3.8, 4) is 0 Å². The third-order valence-corrected chi connectivity index (χ3v) is 3.76. The monoisotopic (exact) mass is 284 g/mol. The molecule has 0 radical (unpaired) electrons. The van der Waals surface area contributed by atoms with Crippen LogP contribution in [0.4, 0.5) is 0 Å². The van der Waals surface area contributed by atoms with E-state index in [1.165, 1.54) is 0 Å². The van der Waals surface area contributed by atoms with E-state index in [2.05, 4.69) is 54.3 Å². The zero-order valence-corrected chi connectivity index (χ0v) is 12.6. The summed E-state index contributed by atoms with van der Waals surface area (Å²) >= 11 is 1.54. The van der Waals surface area contributed by atoms with Gasteiger partial charge in [-0.1, -0.05) is 68.5 Å². The lowest BCUT2D eigenvalue weighted by atomic mass is 9.96. The normalized spacial score (nSPS) is 12.6. The number of rotatable bonds is 2. The Morgan fingerprint density at radius 1 is 1.05 bits per heavy atom. The molecule has 3 aromatic rings. The maximum Gasteiger partial charge on any atom is 0.234 e. The molecule has 0 aliphatic carbocycles. The van der Waals surface area contributed by atoms with E-state index in [0.717, 1.165) is 21.4 Å². The van der Waals surface area contributed by atoms with Gasteiger partial charge in [-0.05, 0) is 11.6 Å². The van der Waals surface area contributed by atoms with E-state index in [4.69, 9.17) is 0 Å². The molecule has 0 spiro atoms. The minimum Gasteiger partial charge on any atom is -0.186 e. The van der Waals surface area contributed by atoms with E-state index in [1.807, 2.05) is 28.8 Å². The van der Waals surface area contributed by atoms with Crippen LogP contribution in [0.2, 0.25) is 0 Å². The zero-order chi connectivity index (χ0) is 14.2. The molecule has 0 aliphatic rings. The van der Waals surface area contributed by atoms with E-state index >= 15 is 0 Å². The summed E-state index contributed by atoms with van der Waals surface area (Å²) in [5.41, 5.74) is 1.10. The molecule has 0 fully saturated rings. The molecule has 102 valence electrons. The van der Waals surface area contributed by atoms with Crippen LogP contribution in [0, 0.1) is 0 Å². The average molecular weight is 284 g/mol. The van der Waals surface area contributed by atoms with Gasteiger partial charge in [0.2, 0.25) is 4.96 Å². The molecule has 0 saturated heterocycles. The van der Waals surface area contributed by atoms with Crippen molar-refractivity contribution in [1.29, 1.82) is 0 Å². The molecule has 0 amide bonds. The lowest BCUT2D eigenvalue weighted by molar-refractivity contribution is 0.527. The molecule has 20 heavy (non-hydrogen) atoms. The van der Waals surface area contributed by atoms with Gasteiger partial charge in [0.1, 0.15) is 5.01 Å². The molecule has 3 rings (SSSR count). The first-order valence-electron chi connectivity index (χ1n) is 6.50. The second-order valence-corrected chi connectivity index (χ2v) is 6.64. The van der Waals surface area contributed by atoms with Crippen molar-refractivity contribution in [3.63, 3.8) is 0 Å². The van der Waals surface area contributed by atoms with Crippen LogP contribution >= 0.6 is 11.3 Å². The quantitative estimate of drug-likeness (QED) is 0.721. The Morgan fingerprint density at radius 2 is 1.80 bits per heavy atom. The molecule has 2 aromatic heterocycles. The van der Waals surface area contributed by atoms with E-state index in [0.29, 0.717) is 0 Å². The van der Waals surface area contributed by atoms with Crippen molar-refractivity contribution in [3.05, 3.63) is 46.7 Å². The Labute approximate surface area is 121 Å². The van der Waals surface area contributed by atoms with Crippen LogP contribution in [-0.2, 0) is 5.41 Å². The van der Waals surface area contributed by atoms with Crippen LogP contribution in [0.25, 0.3) is 17.1 Å². The molecule has 0 N–H and O–H groups in total. The number of benzene rings is 1. The summed E-state index contributed by atoms with van der Waals surface area (Å²) in [6.07, 6.45) is 4.07. The summed E-state index contributed by atoms with van der Waals surface area (Å²) in [6.45, 7) is 6.34. The van der Waals surface area contributed by atoms with Gasteiger partial charge in [-0.25, -0.2) is 0 Å². The highest BCUT2D eigenvalue weighted by atomic mass is 32.1. The first kappa shape index (κ1) is 13.0. The Hall–Kier alpha value is -2.01. The zero-order valence-electron chi connectivity index (χ0n) is 11.7. The molecule has 4 nitrogen and oxygen atoms in total. The molecule has 0 bridgehead atoms. The van der Waals surface area contributed by atoms with E-state index < -0.39 is 0 Å². The fourth-order valence-electron chi connectivity index (χ4n) is 1.90. The minimum atomic E-state index is -0.0616. The molecular weight excluding hydrogens is 268 g/mol. The molecular formula is C15H16N4S. The maximum atomic E-state index is 4.58. The number of fused-ring (bicyclic) bond motifs is 1. The molecule has 1 aromatic carbocycles. The van der Waals surface area contributed by atoms with Crippen LogP contribution < -0.4 is 0 Å². The van der Waals surface area contributed by atoms with Gasteiger partial charge >= 0.3 is 0 Å². The molecule has 0 saturated carbocycles. The van der Waals surface area contributed by atoms with Crippen LogP contribution in [0.3, 0.4) is 0 Å². The fraction of sp³-hybridized carbons (Fsp3) is 0.267. The SMILES string of the molecule is CC(C)(C)c1nnc2sc(/C=C\c3ccccc3)nn12. The van der Waals surface area contributed by atoms with Crippen LogP contribution in [0.1, 0.15) is 37.2 Å². The van der Waals surface area contributed by atoms with Gasteiger partial charge in [-0.15, -0.1) is 10.2 Å². The van der Waals surface area contributed by atoms with Gasteiger partial charge in [0, 0.05) is 5.41 Å². The Kier molecular flexibility index (Phi) is 3.14. The summed E-state index contributed by atoms with van der Waals surface area (Å²) in [5.74, 6) is 0.892. The first-order chi connectivity index (χ1) is 9.54. The lowest BCUT2D eigenvalue weighted by Gasteiger charge is -2.13. The van der Waals surface area contributed by atoms with Crippen molar-refractivity contribution < 1.29 is 0 Å². The predicted octanol–water partition coefficient (Wildman–Crippen LogP) is 3.65. The number of hydrogen-bond acceptors (Lipinski definition) is 4. The van der Waals surface area contributed by atoms with Crippen LogP contribution in [0.15, 0.2) is 30.3 Å². The fourth-order valence-corrected chi connectivity index (χ4v) is 2.64. The Balaban J connectivity index is 1.94. The average Bonchev–Trinajstić information content (AvgIpc) is 2.95. The van der Waals surface area contributed by atoms with Crippen molar-refractivity contribution in [2.24, 2.45) is 0 Å². The summed E-state index contributed by atoms with van der Waals surface area (Å²) in [6, 6.07) is 10.2. The second-order valence-electron chi connectivity index (χ2n) is 5.65. The van der Waals surface area contributed by atoms with Crippen molar-refractivity contribution in [2.45, 2.75) is 26.2 Å². The van der Waals surface area contributed by atoms with E-state index in [9.17, 15) is 0 Å². The van der Waals surface area contributed by atoms with Gasteiger partial charge in [0.05, 0.1) is 0 Å². The van der Waals surface area contributed by atoms with Gasteiger partial charge in [0.15, 0.2) is 5.82 Å². The molecule has 0 aliphatic heterocycles. The molecule has 0 atom stereocenters. The van der Waals surface area contributed by atoms with Crippen LogP contribution in [-0.4, -0.2) is 19.8 Å². The van der Waals surface area contributed by atoms with Gasteiger partial charge < -0.3 is 0 Å². The highest BCUT2D eigenvalue weighted by Gasteiger charge is 2.22. The number of nitrogens with zero attached hydrogens (tertiary/aromatic N) is 4. The van der Waals surface area contributed by atoms with Crippen molar-refractivity contribution >= 4 is 28.4 Å². The largest absolute Gasteiger partial charge is 0.234 e. The molecule has 0 unspecified atom stereocenters. The summed E-state index contributed by atoms with van der Waals surface area (Å²) in [7, 11) is 0. The third-order valence-electron chi connectivity index (χ3n) is 2.90. The number of aromatic nitrogens is 4. The highest BCUT2D eigenvalue weighted by molar-refractivity contribution is 7.17. The standard InChI is InChI=1S/C15H16N4S/c1-15(2,3)13-16-17-14-19(13)18-12(20-14)10-9-11-7-5-4-6-8-11/h4-10H,1-3H3/b10-9-. The smallest absolute Gasteiger partial charge is 0.186 e. The van der Waals surface area contributed by atoms with E-state index in [-0.39, 0.29) is 5.41 Å². The summed E-state index contributed by atoms with van der Waals surface area (Å²) < 4.78 is 1.84. The Bertz CT molecular complexity index is 747. The second kappa shape index (κ2) is 4.83. The van der Waals surface area contributed by atoms with Gasteiger partial charge in [0.25, 0.3) is 0 Å². The van der Waals surface area contributed by atoms with Gasteiger partial charge in [-0.3, -0.25) is 0 Å². The molecule has 2 heterocycles. The minimum absolute atomic E-state index is 0.0616. The van der Waals surface area contributed by atoms with Crippen molar-refractivity contribution in [2.75, 3.05) is 0 Å². The third kappa shape index (κ3) is 2.49. The highest BCUT2D eigenvalue weighted by Crippen LogP contribution is 2.24. The van der Waals surface area contributed by atoms with Crippen LogP contribution in [0.5, 0.6) is 0 Å². The maximum absolute atomic E-state index is 4.58. The topological polar surface area (TPSA) is 43.1 Å². The lowest BCUT2D eigenvalue weighted by Crippen LogP contribution is -2.16. The van der Waals surface area contributed by atoms with Gasteiger partial charge in [-0.2, -0.15) is 9.61 Å². The Morgan fingerprint density at radius 3 is 2.50 bits per heavy atom.